The van der Waals surface area contributed by atoms with E-state index in [1.54, 1.807) is 0 Å². The van der Waals surface area contributed by atoms with E-state index in [2.05, 4.69) is 0 Å². The summed E-state index contributed by atoms with van der Waals surface area (Å²) < 4.78 is 5.35. The molecule has 2 aromatic rings. The smallest absolute Gasteiger partial charge is 0.336 e. The summed E-state index contributed by atoms with van der Waals surface area (Å²) in [6.45, 7) is 6.49. The molecule has 1 aromatic heterocycles. The molecular formula is C16H21NO3. The molecule has 1 N–H and O–H groups in total. The van der Waals surface area contributed by atoms with Crippen LogP contribution in [0.4, 0.5) is 0 Å². The van der Waals surface area contributed by atoms with Crippen molar-refractivity contribution in [3.05, 3.63) is 39.2 Å². The Balaban J connectivity index is 2.87. The standard InChI is InChI=1S/C16H21NO3/c1-9(2)14-15(19)11(8-17(4)5)7-12-10(3)6-13(18)20-16(12)14/h6-7,9,19H,8H2,1-5H3. The summed E-state index contributed by atoms with van der Waals surface area (Å²) in [7, 11) is 3.91. The number of nitrogens with zero attached hydrogens (tertiary/aromatic N) is 1. The van der Waals surface area contributed by atoms with Crippen LogP contribution in [-0.4, -0.2) is 24.1 Å². The summed E-state index contributed by atoms with van der Waals surface area (Å²) in [5.41, 5.74) is 2.56. The van der Waals surface area contributed by atoms with Crippen molar-refractivity contribution in [2.45, 2.75) is 33.2 Å². The monoisotopic (exact) mass is 275 g/mol. The zero-order valence-corrected chi connectivity index (χ0v) is 12.7. The second-order valence-corrected chi connectivity index (χ2v) is 5.82. The first-order valence-electron chi connectivity index (χ1n) is 6.75. The molecule has 0 saturated carbocycles. The van der Waals surface area contributed by atoms with Gasteiger partial charge in [0.05, 0.1) is 0 Å². The normalized spacial score (nSPS) is 11.8. The minimum Gasteiger partial charge on any atom is -0.507 e. The zero-order valence-electron chi connectivity index (χ0n) is 12.7. The fourth-order valence-electron chi connectivity index (χ4n) is 2.52. The van der Waals surface area contributed by atoms with Gasteiger partial charge < -0.3 is 14.4 Å². The summed E-state index contributed by atoms with van der Waals surface area (Å²) >= 11 is 0. The van der Waals surface area contributed by atoms with Crippen LogP contribution >= 0.6 is 0 Å². The number of phenolic OH excluding ortho intramolecular Hbond substituents is 1. The van der Waals surface area contributed by atoms with Crippen molar-refractivity contribution in [2.75, 3.05) is 14.1 Å². The van der Waals surface area contributed by atoms with Gasteiger partial charge in [0.15, 0.2) is 0 Å². The number of benzene rings is 1. The number of fused-ring (bicyclic) bond motifs is 1. The van der Waals surface area contributed by atoms with Gasteiger partial charge in [0.25, 0.3) is 0 Å². The van der Waals surface area contributed by atoms with E-state index < -0.39 is 0 Å². The highest BCUT2D eigenvalue weighted by Gasteiger charge is 2.19. The van der Waals surface area contributed by atoms with E-state index in [-0.39, 0.29) is 17.3 Å². The van der Waals surface area contributed by atoms with Crippen molar-refractivity contribution >= 4 is 11.0 Å². The van der Waals surface area contributed by atoms with Crippen molar-refractivity contribution in [1.29, 1.82) is 0 Å². The Bertz CT molecular complexity index is 699. The number of phenols is 1. The lowest BCUT2D eigenvalue weighted by molar-refractivity contribution is 0.383. The molecule has 1 aromatic carbocycles. The Morgan fingerprint density at radius 1 is 1.30 bits per heavy atom. The molecule has 0 unspecified atom stereocenters. The lowest BCUT2D eigenvalue weighted by atomic mass is 9.94. The number of rotatable bonds is 3. The van der Waals surface area contributed by atoms with Crippen molar-refractivity contribution in [3.8, 4) is 5.75 Å². The average molecular weight is 275 g/mol. The van der Waals surface area contributed by atoms with Crippen LogP contribution in [0.3, 0.4) is 0 Å². The fraction of sp³-hybridized carbons (Fsp3) is 0.438. The molecule has 2 rings (SSSR count). The molecule has 0 amide bonds. The third-order valence-electron chi connectivity index (χ3n) is 3.39. The van der Waals surface area contributed by atoms with Gasteiger partial charge in [0, 0.05) is 29.1 Å². The first-order valence-corrected chi connectivity index (χ1v) is 6.75. The van der Waals surface area contributed by atoms with Gasteiger partial charge >= 0.3 is 5.63 Å². The van der Waals surface area contributed by atoms with E-state index in [4.69, 9.17) is 4.42 Å². The largest absolute Gasteiger partial charge is 0.507 e. The molecule has 108 valence electrons. The van der Waals surface area contributed by atoms with E-state index in [0.29, 0.717) is 17.7 Å². The predicted molar refractivity (Wildman–Crippen MR) is 80.4 cm³/mol. The topological polar surface area (TPSA) is 53.7 Å². The maximum atomic E-state index is 11.6. The molecule has 0 radical (unpaired) electrons. The van der Waals surface area contributed by atoms with Gasteiger partial charge in [-0.3, -0.25) is 0 Å². The Morgan fingerprint density at radius 2 is 1.95 bits per heavy atom. The molecule has 4 nitrogen and oxygen atoms in total. The highest BCUT2D eigenvalue weighted by Crippen LogP contribution is 2.37. The van der Waals surface area contributed by atoms with Crippen LogP contribution in [0.1, 0.15) is 36.5 Å². The number of aromatic hydroxyl groups is 1. The third kappa shape index (κ3) is 2.56. The summed E-state index contributed by atoms with van der Waals surface area (Å²) in [5.74, 6) is 0.305. The highest BCUT2D eigenvalue weighted by atomic mass is 16.4. The summed E-state index contributed by atoms with van der Waals surface area (Å²) in [6.07, 6.45) is 0. The summed E-state index contributed by atoms with van der Waals surface area (Å²) in [4.78, 5) is 13.6. The Labute approximate surface area is 118 Å². The molecular weight excluding hydrogens is 254 g/mol. The van der Waals surface area contributed by atoms with Crippen LogP contribution in [0, 0.1) is 6.92 Å². The maximum Gasteiger partial charge on any atom is 0.336 e. The molecule has 20 heavy (non-hydrogen) atoms. The third-order valence-corrected chi connectivity index (χ3v) is 3.39. The van der Waals surface area contributed by atoms with Gasteiger partial charge in [0.2, 0.25) is 0 Å². The first-order chi connectivity index (χ1) is 9.31. The molecule has 0 bridgehead atoms. The molecule has 0 aliphatic heterocycles. The van der Waals surface area contributed by atoms with Gasteiger partial charge in [0.1, 0.15) is 11.3 Å². The maximum absolute atomic E-state index is 11.6. The van der Waals surface area contributed by atoms with E-state index in [9.17, 15) is 9.90 Å². The van der Waals surface area contributed by atoms with Crippen LogP contribution in [0.5, 0.6) is 5.75 Å². The Morgan fingerprint density at radius 3 is 2.50 bits per heavy atom. The van der Waals surface area contributed by atoms with Crippen LogP contribution < -0.4 is 5.63 Å². The van der Waals surface area contributed by atoms with Crippen LogP contribution in [0.15, 0.2) is 21.3 Å². The first kappa shape index (κ1) is 14.6. The van der Waals surface area contributed by atoms with Gasteiger partial charge in [-0.2, -0.15) is 0 Å². The van der Waals surface area contributed by atoms with Crippen molar-refractivity contribution in [3.63, 3.8) is 0 Å². The van der Waals surface area contributed by atoms with E-state index in [1.807, 2.05) is 45.8 Å². The molecule has 4 heteroatoms. The minimum absolute atomic E-state index is 0.0737. The quantitative estimate of drug-likeness (QED) is 0.875. The molecule has 0 aliphatic carbocycles. The lowest BCUT2D eigenvalue weighted by Gasteiger charge is -2.18. The Hall–Kier alpha value is -1.81. The highest BCUT2D eigenvalue weighted by molar-refractivity contribution is 5.86. The van der Waals surface area contributed by atoms with E-state index in [0.717, 1.165) is 16.5 Å². The molecule has 0 atom stereocenters. The Kier molecular flexibility index (Phi) is 3.86. The second-order valence-electron chi connectivity index (χ2n) is 5.82. The molecule has 0 aliphatic rings. The van der Waals surface area contributed by atoms with Crippen molar-refractivity contribution in [1.82, 2.24) is 4.90 Å². The van der Waals surface area contributed by atoms with Crippen LogP contribution in [0.25, 0.3) is 11.0 Å². The fourth-order valence-corrected chi connectivity index (χ4v) is 2.52. The van der Waals surface area contributed by atoms with Crippen LogP contribution in [0.2, 0.25) is 0 Å². The van der Waals surface area contributed by atoms with Gasteiger partial charge in [-0.1, -0.05) is 13.8 Å². The minimum atomic E-state index is -0.378. The van der Waals surface area contributed by atoms with Gasteiger partial charge in [-0.05, 0) is 38.6 Å². The molecule has 0 spiro atoms. The van der Waals surface area contributed by atoms with E-state index >= 15 is 0 Å². The van der Waals surface area contributed by atoms with Crippen molar-refractivity contribution in [2.24, 2.45) is 0 Å². The van der Waals surface area contributed by atoms with Crippen molar-refractivity contribution < 1.29 is 9.52 Å². The molecule has 1 heterocycles. The number of aryl methyl sites for hydroxylation is 1. The number of hydrogen-bond acceptors (Lipinski definition) is 4. The number of hydrogen-bond donors (Lipinski definition) is 1. The van der Waals surface area contributed by atoms with Gasteiger partial charge in [-0.25, -0.2) is 4.79 Å². The zero-order chi connectivity index (χ0) is 15.0. The summed E-state index contributed by atoms with van der Waals surface area (Å²) in [6, 6.07) is 3.40. The molecule has 0 fully saturated rings. The second kappa shape index (κ2) is 5.29. The molecule has 0 saturated heterocycles. The lowest BCUT2D eigenvalue weighted by Crippen LogP contribution is -2.12. The predicted octanol–water partition coefficient (Wildman–Crippen LogP) is 2.99. The summed E-state index contributed by atoms with van der Waals surface area (Å²) in [5, 5.41) is 11.4. The van der Waals surface area contributed by atoms with Crippen LogP contribution in [-0.2, 0) is 6.54 Å². The van der Waals surface area contributed by atoms with Gasteiger partial charge in [-0.15, -0.1) is 0 Å². The average Bonchev–Trinajstić information content (AvgIpc) is 2.29. The SMILES string of the molecule is Cc1cc(=O)oc2c(C(C)C)c(O)c(CN(C)C)cc12. The van der Waals surface area contributed by atoms with E-state index in [1.165, 1.54) is 6.07 Å².